The number of ether oxygens (including phenoxy) is 1. The van der Waals surface area contributed by atoms with E-state index in [-0.39, 0.29) is 17.4 Å². The standard InChI is InChI=1S/C11H9N3O4/c1-7-9(15)3-2-4-10(7)18-11-12-5-8(6-13-11)14(16)17/h2-6,15H,1H3. The smallest absolute Gasteiger partial charge is 0.322 e. The van der Waals surface area contributed by atoms with Gasteiger partial charge >= 0.3 is 11.7 Å². The minimum absolute atomic E-state index is 0.0192. The van der Waals surface area contributed by atoms with Crippen LogP contribution in [0.25, 0.3) is 0 Å². The fourth-order valence-electron chi connectivity index (χ4n) is 1.27. The maximum absolute atomic E-state index is 10.4. The van der Waals surface area contributed by atoms with Crippen LogP contribution in [0.1, 0.15) is 5.56 Å². The maximum atomic E-state index is 10.4. The van der Waals surface area contributed by atoms with E-state index in [2.05, 4.69) is 9.97 Å². The van der Waals surface area contributed by atoms with Crippen molar-refractivity contribution in [1.82, 2.24) is 9.97 Å². The van der Waals surface area contributed by atoms with Crippen LogP contribution in [0.4, 0.5) is 5.69 Å². The second-order valence-electron chi connectivity index (χ2n) is 3.48. The molecule has 1 aromatic heterocycles. The minimum Gasteiger partial charge on any atom is -0.508 e. The summed E-state index contributed by atoms with van der Waals surface area (Å²) >= 11 is 0. The molecule has 2 rings (SSSR count). The minimum atomic E-state index is -0.594. The van der Waals surface area contributed by atoms with Crippen molar-refractivity contribution in [2.24, 2.45) is 0 Å². The van der Waals surface area contributed by atoms with Gasteiger partial charge in [0.1, 0.15) is 23.9 Å². The number of aromatic nitrogens is 2. The first-order valence-corrected chi connectivity index (χ1v) is 5.01. The van der Waals surface area contributed by atoms with Crippen molar-refractivity contribution >= 4 is 5.69 Å². The van der Waals surface area contributed by atoms with E-state index < -0.39 is 4.92 Å². The molecule has 0 bridgehead atoms. The highest BCUT2D eigenvalue weighted by molar-refractivity contribution is 5.43. The number of rotatable bonds is 3. The van der Waals surface area contributed by atoms with Gasteiger partial charge in [-0.15, -0.1) is 0 Å². The van der Waals surface area contributed by atoms with Crippen molar-refractivity contribution in [2.75, 3.05) is 0 Å². The zero-order valence-electron chi connectivity index (χ0n) is 9.40. The summed E-state index contributed by atoms with van der Waals surface area (Å²) in [4.78, 5) is 17.2. The summed E-state index contributed by atoms with van der Waals surface area (Å²) in [5.41, 5.74) is 0.328. The normalized spacial score (nSPS) is 10.1. The highest BCUT2D eigenvalue weighted by Gasteiger charge is 2.10. The SMILES string of the molecule is Cc1c(O)cccc1Oc1ncc([N+](=O)[O-])cn1. The predicted octanol–water partition coefficient (Wildman–Crippen LogP) is 2.19. The molecule has 1 N–H and O–H groups in total. The summed E-state index contributed by atoms with van der Waals surface area (Å²) in [5, 5.41) is 19.9. The Balaban J connectivity index is 2.24. The van der Waals surface area contributed by atoms with Gasteiger partial charge in [0.25, 0.3) is 0 Å². The molecule has 1 heterocycles. The van der Waals surface area contributed by atoms with Crippen molar-refractivity contribution in [1.29, 1.82) is 0 Å². The van der Waals surface area contributed by atoms with Gasteiger partial charge in [-0.05, 0) is 19.1 Å². The Bertz CT molecular complexity index is 583. The second kappa shape index (κ2) is 4.66. The van der Waals surface area contributed by atoms with Crippen LogP contribution in [0.3, 0.4) is 0 Å². The Labute approximate surface area is 102 Å². The third kappa shape index (κ3) is 2.34. The highest BCUT2D eigenvalue weighted by atomic mass is 16.6. The van der Waals surface area contributed by atoms with Crippen molar-refractivity contribution in [3.05, 3.63) is 46.3 Å². The van der Waals surface area contributed by atoms with Crippen molar-refractivity contribution in [3.63, 3.8) is 0 Å². The number of nitrogens with zero attached hydrogens (tertiary/aromatic N) is 3. The average molecular weight is 247 g/mol. The lowest BCUT2D eigenvalue weighted by Crippen LogP contribution is -1.95. The van der Waals surface area contributed by atoms with Gasteiger partial charge in [-0.2, -0.15) is 9.97 Å². The number of benzene rings is 1. The molecule has 0 aliphatic rings. The van der Waals surface area contributed by atoms with E-state index in [0.29, 0.717) is 11.3 Å². The third-order valence-electron chi connectivity index (χ3n) is 2.28. The molecule has 7 nitrogen and oxygen atoms in total. The van der Waals surface area contributed by atoms with Crippen LogP contribution in [-0.4, -0.2) is 20.0 Å². The Morgan fingerprint density at radius 2 is 2.00 bits per heavy atom. The topological polar surface area (TPSA) is 98.4 Å². The van der Waals surface area contributed by atoms with Crippen LogP contribution in [0, 0.1) is 17.0 Å². The molecule has 92 valence electrons. The largest absolute Gasteiger partial charge is 0.508 e. The number of aromatic hydroxyl groups is 1. The van der Waals surface area contributed by atoms with Gasteiger partial charge in [-0.25, -0.2) is 0 Å². The molecule has 0 aliphatic heterocycles. The first-order valence-electron chi connectivity index (χ1n) is 5.01. The van der Waals surface area contributed by atoms with Gasteiger partial charge in [0.15, 0.2) is 0 Å². The van der Waals surface area contributed by atoms with E-state index in [1.54, 1.807) is 19.1 Å². The van der Waals surface area contributed by atoms with Crippen LogP contribution < -0.4 is 4.74 Å². The van der Waals surface area contributed by atoms with Gasteiger partial charge in [0.2, 0.25) is 0 Å². The van der Waals surface area contributed by atoms with E-state index in [4.69, 9.17) is 4.74 Å². The van der Waals surface area contributed by atoms with Crippen LogP contribution in [0.2, 0.25) is 0 Å². The van der Waals surface area contributed by atoms with Gasteiger partial charge < -0.3 is 9.84 Å². The van der Waals surface area contributed by atoms with E-state index in [9.17, 15) is 15.2 Å². The summed E-state index contributed by atoms with van der Waals surface area (Å²) in [6, 6.07) is 4.76. The van der Waals surface area contributed by atoms with Gasteiger partial charge in [-0.1, -0.05) is 6.07 Å². The Hall–Kier alpha value is -2.70. The predicted molar refractivity (Wildman–Crippen MR) is 61.6 cm³/mol. The maximum Gasteiger partial charge on any atom is 0.322 e. The molecule has 0 fully saturated rings. The Morgan fingerprint density at radius 1 is 1.33 bits per heavy atom. The monoisotopic (exact) mass is 247 g/mol. The van der Waals surface area contributed by atoms with Crippen LogP contribution in [-0.2, 0) is 0 Å². The summed E-state index contributed by atoms with van der Waals surface area (Å²) in [6.07, 6.45) is 2.11. The quantitative estimate of drug-likeness (QED) is 0.659. The average Bonchev–Trinajstić information content (AvgIpc) is 2.36. The number of nitro groups is 1. The van der Waals surface area contributed by atoms with Crippen molar-refractivity contribution < 1.29 is 14.8 Å². The lowest BCUT2D eigenvalue weighted by molar-refractivity contribution is -0.385. The van der Waals surface area contributed by atoms with E-state index in [0.717, 1.165) is 12.4 Å². The molecule has 2 aromatic rings. The van der Waals surface area contributed by atoms with E-state index >= 15 is 0 Å². The first kappa shape index (κ1) is 11.8. The van der Waals surface area contributed by atoms with Crippen LogP contribution in [0.15, 0.2) is 30.6 Å². The Kier molecular flexibility index (Phi) is 3.05. The number of hydrogen-bond acceptors (Lipinski definition) is 6. The molecule has 7 heteroatoms. The van der Waals surface area contributed by atoms with Crippen LogP contribution >= 0.6 is 0 Å². The van der Waals surface area contributed by atoms with Gasteiger partial charge in [0, 0.05) is 5.56 Å². The molecular formula is C11H9N3O4. The molecule has 0 spiro atoms. The number of phenolic OH excluding ortho intramolecular Hbond substituents is 1. The zero-order chi connectivity index (χ0) is 13.1. The zero-order valence-corrected chi connectivity index (χ0v) is 9.40. The second-order valence-corrected chi connectivity index (χ2v) is 3.48. The molecule has 0 amide bonds. The molecule has 0 saturated carbocycles. The van der Waals surface area contributed by atoms with Crippen molar-refractivity contribution in [3.8, 4) is 17.5 Å². The van der Waals surface area contributed by atoms with Crippen LogP contribution in [0.5, 0.6) is 17.5 Å². The molecule has 0 unspecified atom stereocenters. The summed E-state index contributed by atoms with van der Waals surface area (Å²) in [7, 11) is 0. The van der Waals surface area contributed by atoms with E-state index in [1.807, 2.05) is 0 Å². The Morgan fingerprint density at radius 3 is 2.61 bits per heavy atom. The summed E-state index contributed by atoms with van der Waals surface area (Å²) < 4.78 is 5.32. The molecular weight excluding hydrogens is 238 g/mol. The molecule has 0 atom stereocenters. The number of hydrogen-bond donors (Lipinski definition) is 1. The molecule has 0 radical (unpaired) electrons. The molecule has 18 heavy (non-hydrogen) atoms. The fourth-order valence-corrected chi connectivity index (χ4v) is 1.27. The fraction of sp³-hybridized carbons (Fsp3) is 0.0909. The van der Waals surface area contributed by atoms with Gasteiger partial charge in [-0.3, -0.25) is 10.1 Å². The van der Waals surface area contributed by atoms with Gasteiger partial charge in [0.05, 0.1) is 4.92 Å². The highest BCUT2D eigenvalue weighted by Crippen LogP contribution is 2.28. The summed E-state index contributed by atoms with van der Waals surface area (Å²) in [5.74, 6) is 0.485. The molecule has 0 saturated heterocycles. The lowest BCUT2D eigenvalue weighted by atomic mass is 10.2. The van der Waals surface area contributed by atoms with Crippen molar-refractivity contribution in [2.45, 2.75) is 6.92 Å². The first-order chi connectivity index (χ1) is 8.58. The third-order valence-corrected chi connectivity index (χ3v) is 2.28. The molecule has 1 aromatic carbocycles. The van der Waals surface area contributed by atoms with E-state index in [1.165, 1.54) is 6.07 Å². The number of phenols is 1. The molecule has 0 aliphatic carbocycles. The lowest BCUT2D eigenvalue weighted by Gasteiger charge is -2.07. The summed E-state index contributed by atoms with van der Waals surface area (Å²) in [6.45, 7) is 1.68.